The molecule has 5 nitrogen and oxygen atoms in total. The molecular weight excluding hydrogens is 206 g/mol. The zero-order valence-corrected chi connectivity index (χ0v) is 9.90. The van der Waals surface area contributed by atoms with Crippen molar-refractivity contribution in [1.29, 1.82) is 0 Å². The topological polar surface area (TPSA) is 52.7 Å². The van der Waals surface area contributed by atoms with Crippen LogP contribution in [0.4, 0.5) is 4.79 Å². The Bertz CT molecular complexity index is 306. The third-order valence-electron chi connectivity index (χ3n) is 3.47. The lowest BCUT2D eigenvalue weighted by Gasteiger charge is -2.39. The van der Waals surface area contributed by atoms with Crippen LogP contribution in [0.15, 0.2) is 0 Å². The van der Waals surface area contributed by atoms with Crippen molar-refractivity contribution in [3.05, 3.63) is 0 Å². The normalized spacial score (nSPS) is 27.5. The number of Topliss-reactive ketones (excluding diaryl/α,β-unsaturated/α-hetero) is 1. The van der Waals surface area contributed by atoms with Gasteiger partial charge < -0.3 is 10.2 Å². The highest BCUT2D eigenvalue weighted by Gasteiger charge is 2.36. The molecular formula is C11H19N3O2. The van der Waals surface area contributed by atoms with Gasteiger partial charge in [0.05, 0.1) is 6.04 Å². The highest BCUT2D eigenvalue weighted by atomic mass is 16.2. The van der Waals surface area contributed by atoms with Crippen LogP contribution in [0, 0.1) is 0 Å². The Balaban J connectivity index is 1.91. The van der Waals surface area contributed by atoms with E-state index in [4.69, 9.17) is 0 Å². The molecule has 2 aliphatic rings. The first kappa shape index (κ1) is 11.4. The number of fused-ring (bicyclic) bond motifs is 1. The van der Waals surface area contributed by atoms with Crippen molar-refractivity contribution < 1.29 is 9.59 Å². The maximum Gasteiger partial charge on any atom is 0.317 e. The van der Waals surface area contributed by atoms with E-state index < -0.39 is 0 Å². The molecule has 0 bridgehead atoms. The van der Waals surface area contributed by atoms with Crippen LogP contribution >= 0.6 is 0 Å². The van der Waals surface area contributed by atoms with Crippen molar-refractivity contribution in [2.24, 2.45) is 0 Å². The molecule has 0 aromatic rings. The maximum absolute atomic E-state index is 11.4. The molecule has 0 saturated carbocycles. The van der Waals surface area contributed by atoms with E-state index >= 15 is 0 Å². The Morgan fingerprint density at radius 1 is 1.56 bits per heavy atom. The lowest BCUT2D eigenvalue weighted by atomic mass is 10.1. The first-order valence-electron chi connectivity index (χ1n) is 5.86. The fraction of sp³-hybridized carbons (Fsp3) is 0.818. The number of hydrogen-bond acceptors (Lipinski definition) is 3. The second-order valence-corrected chi connectivity index (χ2v) is 4.78. The number of amides is 2. The molecule has 0 aromatic carbocycles. The molecule has 2 saturated heterocycles. The molecule has 2 unspecified atom stereocenters. The van der Waals surface area contributed by atoms with Gasteiger partial charge in [-0.15, -0.1) is 0 Å². The van der Waals surface area contributed by atoms with Crippen molar-refractivity contribution >= 4 is 11.8 Å². The summed E-state index contributed by atoms with van der Waals surface area (Å²) in [6.45, 7) is 6.99. The summed E-state index contributed by atoms with van der Waals surface area (Å²) in [5.74, 6) is 0.232. The van der Waals surface area contributed by atoms with Gasteiger partial charge in [0.25, 0.3) is 0 Å². The van der Waals surface area contributed by atoms with E-state index in [1.807, 2.05) is 4.90 Å². The van der Waals surface area contributed by atoms with Crippen LogP contribution in [0.2, 0.25) is 0 Å². The number of carbonyl (C=O) groups excluding carboxylic acids is 2. The highest BCUT2D eigenvalue weighted by molar-refractivity contribution is 5.77. The fourth-order valence-corrected chi connectivity index (χ4v) is 2.57. The standard InChI is InChI=1S/C11H19N3O2/c1-8(5-9(2)15)13-3-4-14-10(7-13)6-12-11(14)16/h8,10H,3-7H2,1-2H3,(H,12,16). The summed E-state index contributed by atoms with van der Waals surface area (Å²) in [7, 11) is 0. The van der Waals surface area contributed by atoms with Gasteiger partial charge in [-0.25, -0.2) is 4.79 Å². The van der Waals surface area contributed by atoms with E-state index in [2.05, 4.69) is 17.1 Å². The van der Waals surface area contributed by atoms with Gasteiger partial charge >= 0.3 is 6.03 Å². The Kier molecular flexibility index (Phi) is 3.14. The Morgan fingerprint density at radius 3 is 3.00 bits per heavy atom. The molecule has 2 atom stereocenters. The maximum atomic E-state index is 11.4. The first-order chi connectivity index (χ1) is 7.58. The minimum absolute atomic E-state index is 0.0591. The number of rotatable bonds is 3. The second kappa shape index (κ2) is 4.41. The Labute approximate surface area is 95.8 Å². The van der Waals surface area contributed by atoms with Gasteiger partial charge in [0.15, 0.2) is 0 Å². The summed E-state index contributed by atoms with van der Waals surface area (Å²) in [4.78, 5) is 26.7. The summed E-state index contributed by atoms with van der Waals surface area (Å²) >= 11 is 0. The summed E-state index contributed by atoms with van der Waals surface area (Å²) in [6, 6.07) is 0.634. The molecule has 2 amide bonds. The summed E-state index contributed by atoms with van der Waals surface area (Å²) in [5, 5.41) is 2.86. The van der Waals surface area contributed by atoms with Gasteiger partial charge in [0, 0.05) is 38.6 Å². The van der Waals surface area contributed by atoms with Crippen molar-refractivity contribution in [2.75, 3.05) is 26.2 Å². The van der Waals surface area contributed by atoms with Gasteiger partial charge in [0.1, 0.15) is 5.78 Å². The molecule has 0 aromatic heterocycles. The van der Waals surface area contributed by atoms with Gasteiger partial charge in [-0.1, -0.05) is 0 Å². The molecule has 16 heavy (non-hydrogen) atoms. The summed E-state index contributed by atoms with van der Waals surface area (Å²) in [6.07, 6.45) is 0.605. The lowest BCUT2D eigenvalue weighted by Crippen LogP contribution is -2.54. The van der Waals surface area contributed by atoms with Gasteiger partial charge in [-0.2, -0.15) is 0 Å². The first-order valence-corrected chi connectivity index (χ1v) is 5.86. The number of nitrogens with zero attached hydrogens (tertiary/aromatic N) is 2. The number of ketones is 1. The monoisotopic (exact) mass is 225 g/mol. The van der Waals surface area contributed by atoms with Gasteiger partial charge in [0.2, 0.25) is 0 Å². The average Bonchev–Trinajstić information content (AvgIpc) is 2.59. The molecule has 2 aliphatic heterocycles. The molecule has 2 fully saturated rings. The SMILES string of the molecule is CC(=O)CC(C)N1CCN2C(=O)NCC2C1. The average molecular weight is 225 g/mol. The van der Waals surface area contributed by atoms with Crippen LogP contribution in [0.1, 0.15) is 20.3 Å². The highest BCUT2D eigenvalue weighted by Crippen LogP contribution is 2.17. The molecule has 1 N–H and O–H groups in total. The molecule has 90 valence electrons. The third kappa shape index (κ3) is 2.19. The minimum atomic E-state index is 0.0591. The van der Waals surface area contributed by atoms with Crippen LogP contribution in [0.25, 0.3) is 0 Å². The van der Waals surface area contributed by atoms with E-state index in [0.717, 1.165) is 26.2 Å². The zero-order chi connectivity index (χ0) is 11.7. The molecule has 0 spiro atoms. The molecule has 2 heterocycles. The summed E-state index contributed by atoms with van der Waals surface area (Å²) in [5.41, 5.74) is 0. The number of nitrogens with one attached hydrogen (secondary N) is 1. The van der Waals surface area contributed by atoms with Crippen LogP contribution in [0.3, 0.4) is 0 Å². The molecule has 2 rings (SSSR count). The largest absolute Gasteiger partial charge is 0.336 e. The van der Waals surface area contributed by atoms with Gasteiger partial charge in [-0.3, -0.25) is 9.69 Å². The van der Waals surface area contributed by atoms with Crippen molar-refractivity contribution in [2.45, 2.75) is 32.4 Å². The van der Waals surface area contributed by atoms with E-state index in [1.54, 1.807) is 6.92 Å². The van der Waals surface area contributed by atoms with Crippen LogP contribution in [-0.4, -0.2) is 59.9 Å². The van der Waals surface area contributed by atoms with Crippen LogP contribution in [0.5, 0.6) is 0 Å². The number of piperazine rings is 1. The minimum Gasteiger partial charge on any atom is -0.336 e. The second-order valence-electron chi connectivity index (χ2n) is 4.78. The van der Waals surface area contributed by atoms with E-state index in [-0.39, 0.29) is 23.9 Å². The van der Waals surface area contributed by atoms with Crippen molar-refractivity contribution in [3.63, 3.8) is 0 Å². The lowest BCUT2D eigenvalue weighted by molar-refractivity contribution is -0.118. The van der Waals surface area contributed by atoms with Crippen LogP contribution < -0.4 is 5.32 Å². The number of carbonyl (C=O) groups is 2. The van der Waals surface area contributed by atoms with E-state index in [1.165, 1.54) is 0 Å². The summed E-state index contributed by atoms with van der Waals surface area (Å²) < 4.78 is 0. The molecule has 0 aliphatic carbocycles. The predicted molar refractivity (Wildman–Crippen MR) is 60.2 cm³/mol. The molecule has 0 radical (unpaired) electrons. The number of urea groups is 1. The predicted octanol–water partition coefficient (Wildman–Crippen LogP) is 0.0634. The smallest absolute Gasteiger partial charge is 0.317 e. The Morgan fingerprint density at radius 2 is 2.31 bits per heavy atom. The van der Waals surface area contributed by atoms with Crippen LogP contribution in [-0.2, 0) is 4.79 Å². The fourth-order valence-electron chi connectivity index (χ4n) is 2.57. The Hall–Kier alpha value is -1.10. The molecule has 5 heteroatoms. The van der Waals surface area contributed by atoms with Gasteiger partial charge in [-0.05, 0) is 13.8 Å². The quantitative estimate of drug-likeness (QED) is 0.739. The van der Waals surface area contributed by atoms with Crippen molar-refractivity contribution in [3.8, 4) is 0 Å². The van der Waals surface area contributed by atoms with Crippen molar-refractivity contribution in [1.82, 2.24) is 15.1 Å². The van der Waals surface area contributed by atoms with E-state index in [0.29, 0.717) is 6.42 Å². The van der Waals surface area contributed by atoms with E-state index in [9.17, 15) is 9.59 Å². The number of hydrogen-bond donors (Lipinski definition) is 1. The zero-order valence-electron chi connectivity index (χ0n) is 9.90. The third-order valence-corrected chi connectivity index (χ3v) is 3.47.